The van der Waals surface area contributed by atoms with Crippen molar-refractivity contribution < 1.29 is 22.7 Å². The minimum Gasteiger partial charge on any atom is -0.451 e. The lowest BCUT2D eigenvalue weighted by Crippen LogP contribution is -2.43. The minimum absolute atomic E-state index is 0.0588. The molecule has 2 aromatic rings. The van der Waals surface area contributed by atoms with Crippen LogP contribution in [0.5, 0.6) is 0 Å². The van der Waals surface area contributed by atoms with E-state index in [1.165, 1.54) is 16.2 Å². The lowest BCUT2D eigenvalue weighted by Gasteiger charge is -2.28. The molecule has 1 atom stereocenters. The first-order valence-corrected chi connectivity index (χ1v) is 10.4. The van der Waals surface area contributed by atoms with Gasteiger partial charge in [0.05, 0.1) is 17.5 Å². The third kappa shape index (κ3) is 4.26. The van der Waals surface area contributed by atoms with Gasteiger partial charge in [-0.2, -0.15) is 0 Å². The number of rotatable bonds is 5. The number of nitrogens with zero attached hydrogens (tertiary/aromatic N) is 1. The van der Waals surface area contributed by atoms with Crippen molar-refractivity contribution in [1.29, 1.82) is 0 Å². The normalized spacial score (nSPS) is 18.6. The number of hydrogen-bond donors (Lipinski definition) is 0. The first-order valence-electron chi connectivity index (χ1n) is 7.74. The molecule has 1 fully saturated rings. The maximum absolute atomic E-state index is 12.7. The number of thiophene rings is 1. The zero-order valence-electron chi connectivity index (χ0n) is 13.3. The number of benzene rings is 1. The lowest BCUT2D eigenvalue weighted by atomic mass is 10.2. The molecule has 8 heteroatoms. The SMILES string of the molecule is O=C(OCC(=O)N(c1ccccc1)[C@@H]1CCS(=O)(=O)C1)c1cccs1. The van der Waals surface area contributed by atoms with Crippen LogP contribution in [0.15, 0.2) is 47.8 Å². The number of amides is 1. The van der Waals surface area contributed by atoms with E-state index in [1.54, 1.807) is 41.8 Å². The van der Waals surface area contributed by atoms with Crippen LogP contribution in [0.25, 0.3) is 0 Å². The number of para-hydroxylation sites is 1. The van der Waals surface area contributed by atoms with Crippen LogP contribution in [0.2, 0.25) is 0 Å². The van der Waals surface area contributed by atoms with Gasteiger partial charge in [-0.05, 0) is 30.0 Å². The molecular formula is C17H17NO5S2. The third-order valence-electron chi connectivity index (χ3n) is 3.93. The summed E-state index contributed by atoms with van der Waals surface area (Å²) >= 11 is 1.23. The second-order valence-corrected chi connectivity index (χ2v) is 8.89. The number of sulfone groups is 1. The molecule has 0 N–H and O–H groups in total. The maximum Gasteiger partial charge on any atom is 0.348 e. The Kier molecular flexibility index (Phi) is 5.19. The van der Waals surface area contributed by atoms with Gasteiger partial charge in [0.25, 0.3) is 5.91 Å². The van der Waals surface area contributed by atoms with E-state index in [1.807, 2.05) is 6.07 Å². The standard InChI is InChI=1S/C17H17NO5S2/c19-16(11-23-17(20)15-7-4-9-24-15)18(13-5-2-1-3-6-13)14-8-10-25(21,22)12-14/h1-7,9,14H,8,10-12H2/t14-/m1/s1. The highest BCUT2D eigenvalue weighted by Crippen LogP contribution is 2.24. The fourth-order valence-corrected chi connectivity index (χ4v) is 5.10. The summed E-state index contributed by atoms with van der Waals surface area (Å²) in [6.45, 7) is -0.428. The Hall–Kier alpha value is -2.19. The molecule has 0 aliphatic carbocycles. The van der Waals surface area contributed by atoms with Gasteiger partial charge in [0.1, 0.15) is 4.88 Å². The van der Waals surface area contributed by atoms with Crippen molar-refractivity contribution >= 4 is 38.7 Å². The van der Waals surface area contributed by atoms with Crippen LogP contribution in [-0.2, 0) is 19.4 Å². The van der Waals surface area contributed by atoms with Gasteiger partial charge in [0.15, 0.2) is 16.4 Å². The van der Waals surface area contributed by atoms with Crippen molar-refractivity contribution in [2.45, 2.75) is 12.5 Å². The van der Waals surface area contributed by atoms with Crippen molar-refractivity contribution in [3.8, 4) is 0 Å². The van der Waals surface area contributed by atoms with E-state index in [2.05, 4.69) is 0 Å². The number of carbonyl (C=O) groups excluding carboxylic acids is 2. The van der Waals surface area contributed by atoms with Crippen LogP contribution >= 0.6 is 11.3 Å². The summed E-state index contributed by atoms with van der Waals surface area (Å²) in [5.74, 6) is -1.01. The first-order chi connectivity index (χ1) is 12.0. The molecule has 1 aliphatic heterocycles. The Bertz CT molecular complexity index is 846. The Morgan fingerprint density at radius 2 is 1.92 bits per heavy atom. The van der Waals surface area contributed by atoms with Gasteiger partial charge < -0.3 is 9.64 Å². The summed E-state index contributed by atoms with van der Waals surface area (Å²) in [5, 5.41) is 1.75. The molecule has 0 saturated carbocycles. The van der Waals surface area contributed by atoms with E-state index in [4.69, 9.17) is 4.74 Å². The van der Waals surface area contributed by atoms with E-state index in [9.17, 15) is 18.0 Å². The van der Waals surface area contributed by atoms with Crippen LogP contribution < -0.4 is 4.90 Å². The molecule has 6 nitrogen and oxygen atoms in total. The Morgan fingerprint density at radius 1 is 1.16 bits per heavy atom. The fraction of sp³-hybridized carbons (Fsp3) is 0.294. The van der Waals surface area contributed by atoms with Crippen molar-refractivity contribution in [3.63, 3.8) is 0 Å². The van der Waals surface area contributed by atoms with Gasteiger partial charge in [-0.1, -0.05) is 24.3 Å². The summed E-state index contributed by atoms with van der Waals surface area (Å²) in [6.07, 6.45) is 0.377. The molecule has 2 heterocycles. The summed E-state index contributed by atoms with van der Waals surface area (Å²) in [5.41, 5.74) is 0.599. The predicted octanol–water partition coefficient (Wildman–Crippen LogP) is 2.13. The number of hydrogen-bond acceptors (Lipinski definition) is 6. The monoisotopic (exact) mass is 379 g/mol. The first kappa shape index (κ1) is 17.6. The number of esters is 1. The molecule has 0 bridgehead atoms. The minimum atomic E-state index is -3.15. The van der Waals surface area contributed by atoms with Gasteiger partial charge in [-0.25, -0.2) is 13.2 Å². The highest BCUT2D eigenvalue weighted by molar-refractivity contribution is 7.91. The summed E-state index contributed by atoms with van der Waals surface area (Å²) in [7, 11) is -3.15. The highest BCUT2D eigenvalue weighted by atomic mass is 32.2. The molecular weight excluding hydrogens is 362 g/mol. The molecule has 0 radical (unpaired) electrons. The molecule has 132 valence electrons. The van der Waals surface area contributed by atoms with Gasteiger partial charge >= 0.3 is 5.97 Å². The van der Waals surface area contributed by atoms with E-state index in [-0.39, 0.29) is 11.5 Å². The van der Waals surface area contributed by atoms with E-state index in [0.717, 1.165) is 0 Å². The average Bonchev–Trinajstić information content (AvgIpc) is 3.24. The molecule has 1 aromatic heterocycles. The molecule has 0 unspecified atom stereocenters. The quantitative estimate of drug-likeness (QED) is 0.744. The second kappa shape index (κ2) is 7.37. The largest absolute Gasteiger partial charge is 0.451 e. The average molecular weight is 379 g/mol. The summed E-state index contributed by atoms with van der Waals surface area (Å²) < 4.78 is 28.7. The van der Waals surface area contributed by atoms with Crippen LogP contribution in [0, 0.1) is 0 Å². The predicted molar refractivity (Wildman–Crippen MR) is 95.6 cm³/mol. The number of ether oxygens (including phenoxy) is 1. The molecule has 3 rings (SSSR count). The number of carbonyl (C=O) groups is 2. The van der Waals surface area contributed by atoms with Crippen molar-refractivity contribution in [2.24, 2.45) is 0 Å². The topological polar surface area (TPSA) is 80.8 Å². The maximum atomic E-state index is 12.7. The zero-order valence-corrected chi connectivity index (χ0v) is 15.0. The van der Waals surface area contributed by atoms with E-state index >= 15 is 0 Å². The Labute approximate surface area is 149 Å². The Balaban J connectivity index is 1.75. The van der Waals surface area contributed by atoms with E-state index < -0.39 is 34.4 Å². The van der Waals surface area contributed by atoms with Crippen LogP contribution in [0.3, 0.4) is 0 Å². The van der Waals surface area contributed by atoms with Crippen molar-refractivity contribution in [1.82, 2.24) is 0 Å². The molecule has 25 heavy (non-hydrogen) atoms. The summed E-state index contributed by atoms with van der Waals surface area (Å²) in [6, 6.07) is 11.7. The van der Waals surface area contributed by atoms with Gasteiger partial charge in [0, 0.05) is 5.69 Å². The van der Waals surface area contributed by atoms with Crippen molar-refractivity contribution in [3.05, 3.63) is 52.7 Å². The fourth-order valence-electron chi connectivity index (χ4n) is 2.79. The van der Waals surface area contributed by atoms with Crippen LogP contribution in [0.4, 0.5) is 5.69 Å². The Morgan fingerprint density at radius 3 is 2.52 bits per heavy atom. The van der Waals surface area contributed by atoms with Crippen LogP contribution in [-0.4, -0.2) is 44.4 Å². The van der Waals surface area contributed by atoms with Crippen LogP contribution in [0.1, 0.15) is 16.1 Å². The molecule has 0 spiro atoms. The second-order valence-electron chi connectivity index (χ2n) is 5.71. The molecule has 1 aliphatic rings. The summed E-state index contributed by atoms with van der Waals surface area (Å²) in [4.78, 5) is 26.4. The van der Waals surface area contributed by atoms with Gasteiger partial charge in [0.2, 0.25) is 0 Å². The van der Waals surface area contributed by atoms with E-state index in [0.29, 0.717) is 17.0 Å². The molecule has 1 saturated heterocycles. The molecule has 1 aromatic carbocycles. The highest BCUT2D eigenvalue weighted by Gasteiger charge is 2.35. The smallest absolute Gasteiger partial charge is 0.348 e. The van der Waals surface area contributed by atoms with Gasteiger partial charge in [-0.3, -0.25) is 4.79 Å². The zero-order chi connectivity index (χ0) is 17.9. The lowest BCUT2D eigenvalue weighted by molar-refractivity contribution is -0.122. The van der Waals surface area contributed by atoms with Gasteiger partial charge in [-0.15, -0.1) is 11.3 Å². The third-order valence-corrected chi connectivity index (χ3v) is 6.53. The number of anilines is 1. The van der Waals surface area contributed by atoms with Crippen molar-refractivity contribution in [2.75, 3.05) is 23.0 Å². The molecule has 1 amide bonds.